The SMILES string of the molecule is CC[C@@H](NC(=O)CCSc1ccc(C)cc1)c1ccc(OC)cc1. The Labute approximate surface area is 148 Å². The van der Waals surface area contributed by atoms with Crippen molar-refractivity contribution in [3.63, 3.8) is 0 Å². The molecule has 0 aromatic heterocycles. The third kappa shape index (κ3) is 5.60. The van der Waals surface area contributed by atoms with E-state index in [1.165, 1.54) is 10.5 Å². The number of carbonyl (C=O) groups is 1. The molecule has 24 heavy (non-hydrogen) atoms. The minimum atomic E-state index is 0.0489. The molecule has 0 spiro atoms. The summed E-state index contributed by atoms with van der Waals surface area (Å²) in [6.07, 6.45) is 1.38. The van der Waals surface area contributed by atoms with Crippen molar-refractivity contribution < 1.29 is 9.53 Å². The summed E-state index contributed by atoms with van der Waals surface area (Å²) in [6.45, 7) is 4.15. The molecule has 4 heteroatoms. The van der Waals surface area contributed by atoms with Gasteiger partial charge in [0.25, 0.3) is 0 Å². The number of methoxy groups -OCH3 is 1. The third-order valence-corrected chi connectivity index (χ3v) is 4.89. The van der Waals surface area contributed by atoms with Crippen LogP contribution >= 0.6 is 11.8 Å². The zero-order valence-electron chi connectivity index (χ0n) is 14.5. The van der Waals surface area contributed by atoms with E-state index >= 15 is 0 Å². The highest BCUT2D eigenvalue weighted by atomic mass is 32.2. The number of hydrogen-bond donors (Lipinski definition) is 1. The first-order valence-electron chi connectivity index (χ1n) is 8.25. The van der Waals surface area contributed by atoms with Crippen molar-refractivity contribution in [3.8, 4) is 5.75 Å². The third-order valence-electron chi connectivity index (χ3n) is 3.88. The predicted molar refractivity (Wildman–Crippen MR) is 101 cm³/mol. The Morgan fingerprint density at radius 1 is 1.12 bits per heavy atom. The summed E-state index contributed by atoms with van der Waals surface area (Å²) in [4.78, 5) is 13.4. The fourth-order valence-corrected chi connectivity index (χ4v) is 3.27. The van der Waals surface area contributed by atoms with Crippen LogP contribution in [0.2, 0.25) is 0 Å². The average Bonchev–Trinajstić information content (AvgIpc) is 2.61. The van der Waals surface area contributed by atoms with E-state index in [4.69, 9.17) is 4.74 Å². The molecule has 0 aliphatic rings. The van der Waals surface area contributed by atoms with Crippen LogP contribution in [0.25, 0.3) is 0 Å². The molecular weight excluding hydrogens is 318 g/mol. The van der Waals surface area contributed by atoms with Crippen LogP contribution in [0.3, 0.4) is 0 Å². The maximum Gasteiger partial charge on any atom is 0.221 e. The molecule has 0 saturated carbocycles. The van der Waals surface area contributed by atoms with Crippen molar-refractivity contribution >= 4 is 17.7 Å². The van der Waals surface area contributed by atoms with Crippen molar-refractivity contribution in [1.82, 2.24) is 5.32 Å². The van der Waals surface area contributed by atoms with Crippen LogP contribution in [0.15, 0.2) is 53.4 Å². The number of carbonyl (C=O) groups excluding carboxylic acids is 1. The van der Waals surface area contributed by atoms with Crippen LogP contribution in [0.4, 0.5) is 0 Å². The molecule has 1 atom stereocenters. The molecule has 0 saturated heterocycles. The van der Waals surface area contributed by atoms with Gasteiger partial charge in [-0.3, -0.25) is 4.79 Å². The largest absolute Gasteiger partial charge is 0.497 e. The monoisotopic (exact) mass is 343 g/mol. The van der Waals surface area contributed by atoms with E-state index in [0.717, 1.165) is 23.5 Å². The highest BCUT2D eigenvalue weighted by molar-refractivity contribution is 7.99. The lowest BCUT2D eigenvalue weighted by Crippen LogP contribution is -2.28. The van der Waals surface area contributed by atoms with Crippen LogP contribution in [0, 0.1) is 6.92 Å². The number of rotatable bonds is 8. The van der Waals surface area contributed by atoms with Gasteiger partial charge in [-0.2, -0.15) is 0 Å². The molecule has 0 aliphatic carbocycles. The average molecular weight is 343 g/mol. The second-order valence-corrected chi connectivity index (χ2v) is 6.88. The standard InChI is InChI=1S/C20H25NO2S/c1-4-19(16-7-9-17(23-3)10-8-16)21-20(22)13-14-24-18-11-5-15(2)6-12-18/h5-12,19H,4,13-14H2,1-3H3,(H,21,22)/t19-/m1/s1. The van der Waals surface area contributed by atoms with Crippen LogP contribution < -0.4 is 10.1 Å². The van der Waals surface area contributed by atoms with Gasteiger partial charge in [-0.05, 0) is 43.2 Å². The highest BCUT2D eigenvalue weighted by Gasteiger charge is 2.12. The van der Waals surface area contributed by atoms with Gasteiger partial charge in [0.1, 0.15) is 5.75 Å². The summed E-state index contributed by atoms with van der Waals surface area (Å²) >= 11 is 1.72. The fourth-order valence-electron chi connectivity index (χ4n) is 2.42. The summed E-state index contributed by atoms with van der Waals surface area (Å²) in [5, 5.41) is 3.12. The lowest BCUT2D eigenvalue weighted by Gasteiger charge is -2.18. The minimum absolute atomic E-state index is 0.0489. The second kappa shape index (κ2) is 9.38. The van der Waals surface area contributed by atoms with Crippen LogP contribution in [0.1, 0.15) is 36.9 Å². The quantitative estimate of drug-likeness (QED) is 0.703. The summed E-state index contributed by atoms with van der Waals surface area (Å²) < 4.78 is 5.18. The van der Waals surface area contributed by atoms with Gasteiger partial charge in [-0.1, -0.05) is 36.8 Å². The second-order valence-electron chi connectivity index (χ2n) is 5.71. The number of benzene rings is 2. The maximum atomic E-state index is 12.2. The summed E-state index contributed by atoms with van der Waals surface area (Å²) in [6, 6.07) is 16.3. The van der Waals surface area contributed by atoms with E-state index in [1.807, 2.05) is 24.3 Å². The van der Waals surface area contributed by atoms with Gasteiger partial charge in [0.05, 0.1) is 13.2 Å². The van der Waals surface area contributed by atoms with E-state index in [2.05, 4.69) is 43.4 Å². The molecule has 2 aromatic rings. The van der Waals surface area contributed by atoms with E-state index < -0.39 is 0 Å². The van der Waals surface area contributed by atoms with Gasteiger partial charge < -0.3 is 10.1 Å². The molecule has 1 N–H and O–H groups in total. The first-order valence-corrected chi connectivity index (χ1v) is 9.23. The lowest BCUT2D eigenvalue weighted by atomic mass is 10.0. The zero-order valence-corrected chi connectivity index (χ0v) is 15.4. The Morgan fingerprint density at radius 2 is 1.79 bits per heavy atom. The molecule has 2 aromatic carbocycles. The Balaban J connectivity index is 1.81. The molecule has 0 aliphatic heterocycles. The van der Waals surface area contributed by atoms with Crippen LogP contribution in [0.5, 0.6) is 5.75 Å². The zero-order chi connectivity index (χ0) is 17.4. The molecule has 2 rings (SSSR count). The van der Waals surface area contributed by atoms with Gasteiger partial charge in [-0.25, -0.2) is 0 Å². The lowest BCUT2D eigenvalue weighted by molar-refractivity contribution is -0.121. The molecule has 1 amide bonds. The predicted octanol–water partition coefficient (Wildman–Crippen LogP) is 4.75. The van der Waals surface area contributed by atoms with Crippen molar-refractivity contribution in [3.05, 3.63) is 59.7 Å². The van der Waals surface area contributed by atoms with Gasteiger partial charge in [0, 0.05) is 17.1 Å². The fraction of sp³-hybridized carbons (Fsp3) is 0.350. The number of thioether (sulfide) groups is 1. The molecule has 0 fully saturated rings. The van der Waals surface area contributed by atoms with Gasteiger partial charge in [-0.15, -0.1) is 11.8 Å². The topological polar surface area (TPSA) is 38.3 Å². The molecule has 0 radical (unpaired) electrons. The van der Waals surface area contributed by atoms with Crippen molar-refractivity contribution in [2.75, 3.05) is 12.9 Å². The van der Waals surface area contributed by atoms with E-state index in [0.29, 0.717) is 6.42 Å². The number of hydrogen-bond acceptors (Lipinski definition) is 3. The number of aryl methyl sites for hydroxylation is 1. The Morgan fingerprint density at radius 3 is 2.38 bits per heavy atom. The molecule has 3 nitrogen and oxygen atoms in total. The molecule has 0 unspecified atom stereocenters. The Bertz CT molecular complexity index is 638. The van der Waals surface area contributed by atoms with Crippen LogP contribution in [-0.4, -0.2) is 18.8 Å². The summed E-state index contributed by atoms with van der Waals surface area (Å²) in [5.74, 6) is 1.71. The number of nitrogens with one attached hydrogen (secondary N) is 1. The smallest absolute Gasteiger partial charge is 0.221 e. The van der Waals surface area contributed by atoms with Crippen molar-refractivity contribution in [1.29, 1.82) is 0 Å². The molecular formula is C20H25NO2S. The van der Waals surface area contributed by atoms with E-state index in [9.17, 15) is 4.79 Å². The van der Waals surface area contributed by atoms with Crippen molar-refractivity contribution in [2.45, 2.75) is 37.6 Å². The maximum absolute atomic E-state index is 12.2. The Kier molecular flexibility index (Phi) is 7.19. The first-order chi connectivity index (χ1) is 11.6. The number of ether oxygens (including phenoxy) is 1. The van der Waals surface area contributed by atoms with E-state index in [-0.39, 0.29) is 11.9 Å². The molecule has 0 heterocycles. The summed E-state index contributed by atoms with van der Waals surface area (Å²) in [7, 11) is 1.65. The van der Waals surface area contributed by atoms with Gasteiger partial charge in [0.15, 0.2) is 0 Å². The number of amides is 1. The molecule has 0 bridgehead atoms. The first kappa shape index (κ1) is 18.4. The summed E-state index contributed by atoms with van der Waals surface area (Å²) in [5.41, 5.74) is 2.36. The van der Waals surface area contributed by atoms with Gasteiger partial charge >= 0.3 is 0 Å². The van der Waals surface area contributed by atoms with Crippen LogP contribution in [-0.2, 0) is 4.79 Å². The van der Waals surface area contributed by atoms with Crippen molar-refractivity contribution in [2.24, 2.45) is 0 Å². The van der Waals surface area contributed by atoms with Gasteiger partial charge in [0.2, 0.25) is 5.91 Å². The normalized spacial score (nSPS) is 11.8. The minimum Gasteiger partial charge on any atom is -0.497 e. The van der Waals surface area contributed by atoms with E-state index in [1.54, 1.807) is 18.9 Å². The highest BCUT2D eigenvalue weighted by Crippen LogP contribution is 2.21. The Hall–Kier alpha value is -1.94. The molecule has 128 valence electrons.